The number of aromatic carboxylic acids is 1. The molecule has 3 N–H and O–H groups in total. The van der Waals surface area contributed by atoms with Crippen molar-refractivity contribution < 1.29 is 27.9 Å². The van der Waals surface area contributed by atoms with Crippen LogP contribution < -0.4 is 10.6 Å². The number of amides is 2. The van der Waals surface area contributed by atoms with Gasteiger partial charge in [0.05, 0.1) is 5.56 Å². The molecule has 0 saturated heterocycles. The van der Waals surface area contributed by atoms with Crippen LogP contribution in [0.2, 0.25) is 0 Å². The van der Waals surface area contributed by atoms with Crippen LogP contribution in [0.25, 0.3) is 0 Å². The Labute approximate surface area is 123 Å². The number of carbonyl (C=O) groups excluding carboxylic acids is 1. The van der Waals surface area contributed by atoms with Gasteiger partial charge in [-0.1, -0.05) is 0 Å². The van der Waals surface area contributed by atoms with Crippen LogP contribution in [-0.4, -0.2) is 29.8 Å². The Morgan fingerprint density at radius 3 is 2.43 bits per heavy atom. The summed E-state index contributed by atoms with van der Waals surface area (Å²) in [4.78, 5) is 23.4. The molecule has 5 nitrogen and oxygen atoms in total. The van der Waals surface area contributed by atoms with E-state index in [0.29, 0.717) is 5.56 Å². The normalized spacial score (nSPS) is 11.3. The van der Waals surface area contributed by atoms with Crippen LogP contribution in [-0.2, 0) is 0 Å². The molecule has 0 aliphatic carbocycles. The molecule has 9 heteroatoms. The summed E-state index contributed by atoms with van der Waals surface area (Å²) in [5, 5.41) is 13.9. The maximum Gasteiger partial charge on any atom is 0.389 e. The van der Waals surface area contributed by atoms with E-state index >= 15 is 0 Å². The fraction of sp³-hybridized carbons (Fsp3) is 0.500. The van der Waals surface area contributed by atoms with E-state index in [1.54, 1.807) is 13.8 Å². The second kappa shape index (κ2) is 6.79. The number of hydrogen-bond acceptors (Lipinski definition) is 3. The van der Waals surface area contributed by atoms with Crippen molar-refractivity contribution in [1.82, 2.24) is 5.32 Å². The van der Waals surface area contributed by atoms with E-state index in [4.69, 9.17) is 5.11 Å². The highest BCUT2D eigenvalue weighted by molar-refractivity contribution is 7.16. The number of alkyl halides is 3. The van der Waals surface area contributed by atoms with Gasteiger partial charge in [-0.3, -0.25) is 5.32 Å². The van der Waals surface area contributed by atoms with Crippen molar-refractivity contribution in [2.45, 2.75) is 32.9 Å². The molecule has 0 aromatic carbocycles. The largest absolute Gasteiger partial charge is 0.478 e. The van der Waals surface area contributed by atoms with Crippen molar-refractivity contribution >= 4 is 28.3 Å². The molecule has 21 heavy (non-hydrogen) atoms. The summed E-state index contributed by atoms with van der Waals surface area (Å²) >= 11 is 1.11. The molecule has 118 valence electrons. The molecule has 0 radical (unpaired) electrons. The quantitative estimate of drug-likeness (QED) is 0.725. The number of nitrogens with one attached hydrogen (secondary N) is 2. The van der Waals surface area contributed by atoms with E-state index in [1.807, 2.05) is 0 Å². The van der Waals surface area contributed by atoms with E-state index < -0.39 is 24.6 Å². The summed E-state index contributed by atoms with van der Waals surface area (Å²) in [6.45, 7) is 3.21. The molecule has 1 aromatic rings. The first-order valence-electron chi connectivity index (χ1n) is 6.06. The highest BCUT2D eigenvalue weighted by atomic mass is 32.1. The van der Waals surface area contributed by atoms with E-state index in [9.17, 15) is 22.8 Å². The summed E-state index contributed by atoms with van der Waals surface area (Å²) in [7, 11) is 0. The minimum absolute atomic E-state index is 0.00272. The van der Waals surface area contributed by atoms with Crippen molar-refractivity contribution in [3.05, 3.63) is 16.0 Å². The number of thiophene rings is 1. The topological polar surface area (TPSA) is 78.4 Å². The molecule has 0 fully saturated rings. The predicted molar refractivity (Wildman–Crippen MR) is 73.1 cm³/mol. The van der Waals surface area contributed by atoms with E-state index in [1.165, 1.54) is 0 Å². The highest BCUT2D eigenvalue weighted by Gasteiger charge is 2.26. The molecule has 0 unspecified atom stereocenters. The van der Waals surface area contributed by atoms with Gasteiger partial charge in [-0.25, -0.2) is 9.59 Å². The zero-order valence-electron chi connectivity index (χ0n) is 11.4. The summed E-state index contributed by atoms with van der Waals surface area (Å²) in [5.74, 6) is -1.16. The Morgan fingerprint density at radius 1 is 1.29 bits per heavy atom. The Bertz CT molecular complexity index is 541. The Morgan fingerprint density at radius 2 is 1.90 bits per heavy atom. The first-order chi connectivity index (χ1) is 9.61. The Balaban J connectivity index is 2.56. The van der Waals surface area contributed by atoms with Crippen molar-refractivity contribution in [1.29, 1.82) is 0 Å². The molecule has 0 atom stereocenters. The molecule has 1 heterocycles. The fourth-order valence-corrected chi connectivity index (χ4v) is 2.66. The lowest BCUT2D eigenvalue weighted by Gasteiger charge is -2.08. The molecule has 0 saturated carbocycles. The molecular formula is C12H15F3N2O3S. The zero-order valence-corrected chi connectivity index (χ0v) is 12.2. The van der Waals surface area contributed by atoms with Crippen LogP contribution >= 0.6 is 11.3 Å². The molecule has 0 aliphatic heterocycles. The minimum atomic E-state index is -4.25. The van der Waals surface area contributed by atoms with Crippen LogP contribution in [0.4, 0.5) is 23.0 Å². The molecule has 0 spiro atoms. The first kappa shape index (κ1) is 17.3. The number of rotatable bonds is 5. The standard InChI is InChI=1S/C12H15F3N2O3S/c1-6-7(2)21-9(8(6)10(18)19)17-11(20)16-5-3-4-12(13,14)15/h3-5H2,1-2H3,(H,18,19)(H2,16,17,20). The van der Waals surface area contributed by atoms with Crippen LogP contribution in [0.15, 0.2) is 0 Å². The van der Waals surface area contributed by atoms with Gasteiger partial charge in [0.2, 0.25) is 0 Å². The van der Waals surface area contributed by atoms with Crippen LogP contribution in [0.3, 0.4) is 0 Å². The van der Waals surface area contributed by atoms with Crippen LogP contribution in [0.1, 0.15) is 33.6 Å². The molecule has 1 aromatic heterocycles. The molecular weight excluding hydrogens is 309 g/mol. The number of aryl methyl sites for hydroxylation is 1. The maximum atomic E-state index is 11.9. The number of carboxylic acids is 1. The van der Waals surface area contributed by atoms with Gasteiger partial charge in [-0.2, -0.15) is 13.2 Å². The van der Waals surface area contributed by atoms with Crippen molar-refractivity contribution in [2.24, 2.45) is 0 Å². The number of carboxylic acid groups (broad SMARTS) is 1. The molecule has 0 aliphatic rings. The lowest BCUT2D eigenvalue weighted by Crippen LogP contribution is -2.30. The van der Waals surface area contributed by atoms with Crippen LogP contribution in [0.5, 0.6) is 0 Å². The maximum absolute atomic E-state index is 11.9. The Hall–Kier alpha value is -1.77. The first-order valence-corrected chi connectivity index (χ1v) is 6.88. The number of anilines is 1. The summed E-state index contributed by atoms with van der Waals surface area (Å²) in [6, 6.07) is -0.721. The third kappa shape index (κ3) is 5.25. The molecule has 0 bridgehead atoms. The van der Waals surface area contributed by atoms with Crippen molar-refractivity contribution in [3.8, 4) is 0 Å². The average Bonchev–Trinajstić information content (AvgIpc) is 2.59. The Kier molecular flexibility index (Phi) is 5.59. The van der Waals surface area contributed by atoms with E-state index in [0.717, 1.165) is 16.2 Å². The second-order valence-electron chi connectivity index (χ2n) is 4.39. The van der Waals surface area contributed by atoms with E-state index in [-0.39, 0.29) is 23.5 Å². The fourth-order valence-electron chi connectivity index (χ4n) is 1.61. The number of halogens is 3. The minimum Gasteiger partial charge on any atom is -0.478 e. The highest BCUT2D eigenvalue weighted by Crippen LogP contribution is 2.32. The molecule has 1 rings (SSSR count). The monoisotopic (exact) mass is 324 g/mol. The lowest BCUT2D eigenvalue weighted by molar-refractivity contribution is -0.135. The second-order valence-corrected chi connectivity index (χ2v) is 5.62. The SMILES string of the molecule is Cc1sc(NC(=O)NCCCC(F)(F)F)c(C(=O)O)c1C. The van der Waals surface area contributed by atoms with Crippen molar-refractivity contribution in [2.75, 3.05) is 11.9 Å². The van der Waals surface area contributed by atoms with Crippen molar-refractivity contribution in [3.63, 3.8) is 0 Å². The number of urea groups is 1. The third-order valence-electron chi connectivity index (χ3n) is 2.75. The van der Waals surface area contributed by atoms with Gasteiger partial charge < -0.3 is 10.4 Å². The average molecular weight is 324 g/mol. The molecule has 2 amide bonds. The van der Waals surface area contributed by atoms with Gasteiger partial charge in [-0.15, -0.1) is 11.3 Å². The van der Waals surface area contributed by atoms with Gasteiger partial charge >= 0.3 is 18.2 Å². The van der Waals surface area contributed by atoms with Gasteiger partial charge in [0.1, 0.15) is 5.00 Å². The van der Waals surface area contributed by atoms with Crippen LogP contribution in [0, 0.1) is 13.8 Å². The summed E-state index contributed by atoms with van der Waals surface area (Å²) in [5.41, 5.74) is 0.558. The lowest BCUT2D eigenvalue weighted by atomic mass is 10.1. The summed E-state index contributed by atoms with van der Waals surface area (Å²) in [6.07, 6.45) is -5.47. The predicted octanol–water partition coefficient (Wildman–Crippen LogP) is 3.53. The van der Waals surface area contributed by atoms with Gasteiger partial charge in [-0.05, 0) is 25.8 Å². The van der Waals surface area contributed by atoms with Gasteiger partial charge in [0.15, 0.2) is 0 Å². The van der Waals surface area contributed by atoms with Gasteiger partial charge in [0.25, 0.3) is 0 Å². The third-order valence-corrected chi connectivity index (χ3v) is 3.87. The number of carbonyl (C=O) groups is 2. The smallest absolute Gasteiger partial charge is 0.389 e. The van der Waals surface area contributed by atoms with Gasteiger partial charge in [0, 0.05) is 17.8 Å². The zero-order chi connectivity index (χ0) is 16.2. The number of hydrogen-bond donors (Lipinski definition) is 3. The summed E-state index contributed by atoms with van der Waals surface area (Å²) < 4.78 is 35.8. The van der Waals surface area contributed by atoms with E-state index in [2.05, 4.69) is 10.6 Å².